The Balaban J connectivity index is 2.45. The Morgan fingerprint density at radius 3 is 2.77 bits per heavy atom. The van der Waals surface area contributed by atoms with Crippen LogP contribution in [0.5, 0.6) is 0 Å². The largest absolute Gasteiger partial charge is 0.466 e. The molecule has 1 saturated carbocycles. The maximum Gasteiger partial charge on any atom is 0.309 e. The van der Waals surface area contributed by atoms with Gasteiger partial charge in [-0.15, -0.1) is 0 Å². The molecule has 1 rings (SSSR count). The molecule has 1 N–H and O–H groups in total. The number of carbonyl (C=O) groups is 1. The second-order valence-electron chi connectivity index (χ2n) is 3.80. The summed E-state index contributed by atoms with van der Waals surface area (Å²) in [6.07, 6.45) is 2.00. The van der Waals surface area contributed by atoms with Crippen molar-refractivity contribution in [2.45, 2.75) is 39.2 Å². The Morgan fingerprint density at radius 2 is 2.23 bits per heavy atom. The summed E-state index contributed by atoms with van der Waals surface area (Å²) in [4.78, 5) is 11.4. The Bertz CT molecular complexity index is 179. The summed E-state index contributed by atoms with van der Waals surface area (Å²) in [6, 6.07) is 0. The van der Waals surface area contributed by atoms with Gasteiger partial charge in [-0.05, 0) is 32.1 Å². The highest BCUT2D eigenvalue weighted by Crippen LogP contribution is 2.30. The van der Waals surface area contributed by atoms with Gasteiger partial charge in [0.25, 0.3) is 0 Å². The Hall–Kier alpha value is -0.570. The van der Waals surface area contributed by atoms with Crippen LogP contribution in [-0.2, 0) is 9.53 Å². The molecule has 0 aliphatic heterocycles. The van der Waals surface area contributed by atoms with E-state index in [4.69, 9.17) is 4.74 Å². The van der Waals surface area contributed by atoms with E-state index in [0.717, 1.165) is 19.3 Å². The smallest absolute Gasteiger partial charge is 0.309 e. The van der Waals surface area contributed by atoms with Gasteiger partial charge in [0.1, 0.15) is 0 Å². The van der Waals surface area contributed by atoms with Crippen LogP contribution < -0.4 is 0 Å². The van der Waals surface area contributed by atoms with Gasteiger partial charge in [0.05, 0.1) is 18.6 Å². The number of aliphatic hydroxyl groups excluding tert-OH is 1. The maximum atomic E-state index is 11.4. The van der Waals surface area contributed by atoms with E-state index in [9.17, 15) is 9.90 Å². The summed E-state index contributed by atoms with van der Waals surface area (Å²) >= 11 is 0. The lowest BCUT2D eigenvalue weighted by atomic mass is 9.79. The van der Waals surface area contributed by atoms with Crippen molar-refractivity contribution < 1.29 is 14.6 Å². The molecule has 0 radical (unpaired) electrons. The molecule has 3 atom stereocenters. The van der Waals surface area contributed by atoms with Gasteiger partial charge < -0.3 is 9.84 Å². The van der Waals surface area contributed by atoms with Gasteiger partial charge in [0.15, 0.2) is 0 Å². The zero-order chi connectivity index (χ0) is 9.84. The first kappa shape index (κ1) is 10.5. The lowest BCUT2D eigenvalue weighted by molar-refractivity contribution is -0.152. The number of aliphatic hydroxyl groups is 1. The molecule has 76 valence electrons. The van der Waals surface area contributed by atoms with Gasteiger partial charge in [-0.25, -0.2) is 0 Å². The monoisotopic (exact) mass is 186 g/mol. The third-order valence-corrected chi connectivity index (χ3v) is 2.73. The van der Waals surface area contributed by atoms with E-state index in [1.54, 1.807) is 0 Å². The second-order valence-corrected chi connectivity index (χ2v) is 3.80. The van der Waals surface area contributed by atoms with E-state index < -0.39 is 0 Å². The van der Waals surface area contributed by atoms with Crippen molar-refractivity contribution >= 4 is 5.97 Å². The molecule has 13 heavy (non-hydrogen) atoms. The Morgan fingerprint density at radius 1 is 1.54 bits per heavy atom. The molecule has 0 heterocycles. The zero-order valence-electron chi connectivity index (χ0n) is 8.32. The zero-order valence-corrected chi connectivity index (χ0v) is 8.32. The molecule has 0 bridgehead atoms. The minimum Gasteiger partial charge on any atom is -0.466 e. The molecule has 3 nitrogen and oxygen atoms in total. The number of hydrogen-bond donors (Lipinski definition) is 1. The normalized spacial score (nSPS) is 34.2. The number of hydrogen-bond acceptors (Lipinski definition) is 3. The van der Waals surface area contributed by atoms with Crippen molar-refractivity contribution in [2.24, 2.45) is 11.8 Å². The molecule has 0 aromatic rings. The quantitative estimate of drug-likeness (QED) is 0.662. The summed E-state index contributed by atoms with van der Waals surface area (Å²) in [5, 5.41) is 9.36. The predicted molar refractivity (Wildman–Crippen MR) is 49.1 cm³/mol. The molecule has 1 aliphatic rings. The van der Waals surface area contributed by atoms with Crippen molar-refractivity contribution in [3.05, 3.63) is 0 Å². The van der Waals surface area contributed by atoms with Gasteiger partial charge in [-0.1, -0.05) is 6.92 Å². The number of rotatable bonds is 2. The standard InChI is InChI=1S/C10H18O3/c1-3-13-10(12)9-5-4-8(11)6-7(9)2/h7-9,11H,3-6H2,1-2H3/t7?,8-,9?/m1/s1. The highest BCUT2D eigenvalue weighted by atomic mass is 16.5. The van der Waals surface area contributed by atoms with Crippen molar-refractivity contribution in [3.8, 4) is 0 Å². The predicted octanol–water partition coefficient (Wildman–Crippen LogP) is 1.35. The third-order valence-electron chi connectivity index (χ3n) is 2.73. The van der Waals surface area contributed by atoms with Crippen LogP contribution in [0.2, 0.25) is 0 Å². The van der Waals surface area contributed by atoms with Crippen molar-refractivity contribution in [1.29, 1.82) is 0 Å². The summed E-state index contributed by atoms with van der Waals surface area (Å²) in [6.45, 7) is 4.27. The van der Waals surface area contributed by atoms with Crippen molar-refractivity contribution in [2.75, 3.05) is 6.61 Å². The van der Waals surface area contributed by atoms with Crippen molar-refractivity contribution in [1.82, 2.24) is 0 Å². The first-order valence-corrected chi connectivity index (χ1v) is 4.99. The maximum absolute atomic E-state index is 11.4. The highest BCUT2D eigenvalue weighted by molar-refractivity contribution is 5.72. The first-order valence-electron chi connectivity index (χ1n) is 4.99. The summed E-state index contributed by atoms with van der Waals surface area (Å²) in [7, 11) is 0. The lowest BCUT2D eigenvalue weighted by Crippen LogP contribution is -2.32. The van der Waals surface area contributed by atoms with Gasteiger partial charge in [0, 0.05) is 0 Å². The van der Waals surface area contributed by atoms with Gasteiger partial charge in [-0.3, -0.25) is 4.79 Å². The molecule has 0 saturated heterocycles. The van der Waals surface area contributed by atoms with E-state index in [0.29, 0.717) is 6.61 Å². The molecule has 1 aliphatic carbocycles. The van der Waals surface area contributed by atoms with Crippen LogP contribution in [0.1, 0.15) is 33.1 Å². The number of esters is 1. The van der Waals surface area contributed by atoms with Crippen LogP contribution in [-0.4, -0.2) is 23.8 Å². The summed E-state index contributed by atoms with van der Waals surface area (Å²) in [5.74, 6) is 0.160. The van der Waals surface area contributed by atoms with E-state index in [1.807, 2.05) is 13.8 Å². The van der Waals surface area contributed by atoms with Gasteiger partial charge in [0.2, 0.25) is 0 Å². The molecule has 0 spiro atoms. The van der Waals surface area contributed by atoms with Crippen LogP contribution in [0, 0.1) is 11.8 Å². The number of ether oxygens (including phenoxy) is 1. The molecular formula is C10H18O3. The van der Waals surface area contributed by atoms with E-state index in [-0.39, 0.29) is 23.9 Å². The van der Waals surface area contributed by atoms with Gasteiger partial charge in [-0.2, -0.15) is 0 Å². The molecular weight excluding hydrogens is 168 g/mol. The topological polar surface area (TPSA) is 46.5 Å². The van der Waals surface area contributed by atoms with Crippen LogP contribution in [0.3, 0.4) is 0 Å². The fourth-order valence-electron chi connectivity index (χ4n) is 1.97. The van der Waals surface area contributed by atoms with Gasteiger partial charge >= 0.3 is 5.97 Å². The molecule has 0 aromatic heterocycles. The Labute approximate surface area is 79.1 Å². The van der Waals surface area contributed by atoms with Crippen molar-refractivity contribution in [3.63, 3.8) is 0 Å². The van der Waals surface area contributed by atoms with E-state index >= 15 is 0 Å². The average molecular weight is 186 g/mol. The molecule has 0 aromatic carbocycles. The summed E-state index contributed by atoms with van der Waals surface area (Å²) < 4.78 is 4.97. The lowest BCUT2D eigenvalue weighted by Gasteiger charge is -2.29. The molecule has 1 fully saturated rings. The summed E-state index contributed by atoms with van der Waals surface area (Å²) in [5.41, 5.74) is 0. The minimum absolute atomic E-state index is 0.00310. The van der Waals surface area contributed by atoms with Crippen LogP contribution >= 0.6 is 0 Å². The SMILES string of the molecule is CCOC(=O)C1CC[C@@H](O)CC1C. The average Bonchev–Trinajstić information content (AvgIpc) is 2.04. The molecule has 0 amide bonds. The first-order chi connectivity index (χ1) is 6.15. The second kappa shape index (κ2) is 4.61. The highest BCUT2D eigenvalue weighted by Gasteiger charge is 2.32. The van der Waals surface area contributed by atoms with Crippen LogP contribution in [0.4, 0.5) is 0 Å². The van der Waals surface area contributed by atoms with Crippen LogP contribution in [0.15, 0.2) is 0 Å². The minimum atomic E-state index is -0.222. The van der Waals surface area contributed by atoms with E-state index in [1.165, 1.54) is 0 Å². The number of carbonyl (C=O) groups excluding carboxylic acids is 1. The Kier molecular flexibility index (Phi) is 3.72. The van der Waals surface area contributed by atoms with E-state index in [2.05, 4.69) is 0 Å². The third kappa shape index (κ3) is 2.69. The fourth-order valence-corrected chi connectivity index (χ4v) is 1.97. The molecule has 3 heteroatoms. The fraction of sp³-hybridized carbons (Fsp3) is 0.900. The molecule has 2 unspecified atom stereocenters. The van der Waals surface area contributed by atoms with Crippen LogP contribution in [0.25, 0.3) is 0 Å².